The largest absolute Gasteiger partial charge is 0.494 e. The first kappa shape index (κ1) is 16.2. The molecule has 1 aliphatic rings. The summed E-state index contributed by atoms with van der Waals surface area (Å²) >= 11 is 0. The Bertz CT molecular complexity index is 876. The standard InChI is InChI=1S/C17H19N3O4/c1-11-4-2-5-12(8-11)18-9-14-15(21)19-17(23)20(16(14)22)10-13-6-3-7-24-13/h2,4-5,8-9,13,22H,3,6-7,10H2,1H3,(H,19,21,23)/t13-/m1/s1. The van der Waals surface area contributed by atoms with Crippen LogP contribution in [0.5, 0.6) is 5.88 Å². The Kier molecular flexibility index (Phi) is 4.61. The molecule has 0 spiro atoms. The Morgan fingerprint density at radius 3 is 3.00 bits per heavy atom. The molecule has 2 N–H and O–H groups in total. The van der Waals surface area contributed by atoms with Crippen LogP contribution < -0.4 is 11.2 Å². The van der Waals surface area contributed by atoms with Gasteiger partial charge in [0.2, 0.25) is 5.88 Å². The molecule has 0 amide bonds. The summed E-state index contributed by atoms with van der Waals surface area (Å²) in [4.78, 5) is 30.4. The Hall–Kier alpha value is -2.67. The number of nitrogens with zero attached hydrogens (tertiary/aromatic N) is 2. The zero-order valence-corrected chi connectivity index (χ0v) is 13.4. The third-order valence-corrected chi connectivity index (χ3v) is 3.96. The maximum atomic E-state index is 12.0. The normalized spacial score (nSPS) is 17.6. The fraction of sp³-hybridized carbons (Fsp3) is 0.353. The minimum atomic E-state index is -0.669. The van der Waals surface area contributed by atoms with E-state index in [2.05, 4.69) is 9.98 Å². The molecule has 0 bridgehead atoms. The van der Waals surface area contributed by atoms with Crippen molar-refractivity contribution in [2.75, 3.05) is 6.61 Å². The predicted octanol–water partition coefficient (Wildman–Crippen LogP) is 1.48. The summed E-state index contributed by atoms with van der Waals surface area (Å²) in [7, 11) is 0. The highest BCUT2D eigenvalue weighted by molar-refractivity contribution is 5.84. The van der Waals surface area contributed by atoms with Crippen molar-refractivity contribution in [1.82, 2.24) is 9.55 Å². The average molecular weight is 329 g/mol. The highest BCUT2D eigenvalue weighted by atomic mass is 16.5. The second-order valence-corrected chi connectivity index (χ2v) is 5.84. The molecule has 1 saturated heterocycles. The number of aromatic hydroxyl groups is 1. The lowest BCUT2D eigenvalue weighted by Gasteiger charge is -2.13. The van der Waals surface area contributed by atoms with E-state index in [0.717, 1.165) is 23.0 Å². The minimum absolute atomic E-state index is 0.0471. The van der Waals surface area contributed by atoms with E-state index in [9.17, 15) is 14.7 Å². The topological polar surface area (TPSA) is 96.7 Å². The molecule has 1 aromatic carbocycles. The summed E-state index contributed by atoms with van der Waals surface area (Å²) in [6.07, 6.45) is 2.87. The van der Waals surface area contributed by atoms with Gasteiger partial charge in [-0.05, 0) is 37.5 Å². The van der Waals surface area contributed by atoms with Crippen LogP contribution in [0.2, 0.25) is 0 Å². The van der Waals surface area contributed by atoms with Crippen molar-refractivity contribution in [2.24, 2.45) is 4.99 Å². The van der Waals surface area contributed by atoms with Gasteiger partial charge in [-0.1, -0.05) is 12.1 Å². The van der Waals surface area contributed by atoms with Gasteiger partial charge >= 0.3 is 5.69 Å². The Morgan fingerprint density at radius 2 is 2.29 bits per heavy atom. The minimum Gasteiger partial charge on any atom is -0.494 e. The van der Waals surface area contributed by atoms with Gasteiger partial charge in [-0.2, -0.15) is 0 Å². The van der Waals surface area contributed by atoms with Crippen molar-refractivity contribution < 1.29 is 9.84 Å². The summed E-state index contributed by atoms with van der Waals surface area (Å²) in [5.41, 5.74) is 0.323. The third-order valence-electron chi connectivity index (χ3n) is 3.96. The van der Waals surface area contributed by atoms with Gasteiger partial charge in [-0.3, -0.25) is 19.3 Å². The number of hydrogen-bond acceptors (Lipinski definition) is 5. The van der Waals surface area contributed by atoms with Crippen LogP contribution in [0.1, 0.15) is 24.0 Å². The number of aromatic nitrogens is 2. The van der Waals surface area contributed by atoms with E-state index in [4.69, 9.17) is 4.74 Å². The van der Waals surface area contributed by atoms with E-state index in [-0.39, 0.29) is 18.2 Å². The second kappa shape index (κ2) is 6.84. The summed E-state index contributed by atoms with van der Waals surface area (Å²) in [5.74, 6) is -0.393. The van der Waals surface area contributed by atoms with Gasteiger partial charge in [0, 0.05) is 12.8 Å². The predicted molar refractivity (Wildman–Crippen MR) is 90.4 cm³/mol. The molecule has 0 saturated carbocycles. The first-order valence-corrected chi connectivity index (χ1v) is 7.83. The van der Waals surface area contributed by atoms with Crippen molar-refractivity contribution in [1.29, 1.82) is 0 Å². The number of rotatable bonds is 4. The highest BCUT2D eigenvalue weighted by Gasteiger charge is 2.20. The molecule has 0 aliphatic carbocycles. The molecule has 0 unspecified atom stereocenters. The van der Waals surface area contributed by atoms with Crippen LogP contribution in [0.4, 0.5) is 5.69 Å². The van der Waals surface area contributed by atoms with Crippen LogP contribution in [0.25, 0.3) is 0 Å². The summed E-state index contributed by atoms with van der Waals surface area (Å²) in [5, 5.41) is 10.3. The van der Waals surface area contributed by atoms with Crippen LogP contribution in [-0.2, 0) is 11.3 Å². The number of aryl methyl sites for hydroxylation is 1. The molecule has 126 valence electrons. The monoisotopic (exact) mass is 329 g/mol. The van der Waals surface area contributed by atoms with Crippen LogP contribution in [0.15, 0.2) is 38.8 Å². The fourth-order valence-electron chi connectivity index (χ4n) is 2.70. The molecular formula is C17H19N3O4. The molecule has 24 heavy (non-hydrogen) atoms. The smallest absolute Gasteiger partial charge is 0.331 e. The van der Waals surface area contributed by atoms with E-state index < -0.39 is 17.1 Å². The number of aliphatic imine (C=N–C) groups is 1. The van der Waals surface area contributed by atoms with E-state index in [1.807, 2.05) is 25.1 Å². The molecule has 1 atom stereocenters. The SMILES string of the molecule is Cc1cccc(N=Cc2c(O)n(C[C@H]3CCCO3)c(=O)[nH]c2=O)c1. The van der Waals surface area contributed by atoms with Gasteiger partial charge in [0.25, 0.3) is 5.56 Å². The van der Waals surface area contributed by atoms with Crippen LogP contribution in [-0.4, -0.2) is 33.6 Å². The number of ether oxygens (including phenoxy) is 1. The van der Waals surface area contributed by atoms with Gasteiger partial charge in [0.05, 0.1) is 18.3 Å². The summed E-state index contributed by atoms with van der Waals surface area (Å²) in [6.45, 7) is 2.78. The summed E-state index contributed by atoms with van der Waals surface area (Å²) < 4.78 is 6.60. The van der Waals surface area contributed by atoms with E-state index in [1.165, 1.54) is 6.21 Å². The van der Waals surface area contributed by atoms with Crippen LogP contribution in [0, 0.1) is 6.92 Å². The van der Waals surface area contributed by atoms with Crippen molar-refractivity contribution in [2.45, 2.75) is 32.4 Å². The maximum Gasteiger partial charge on any atom is 0.331 e. The molecule has 1 fully saturated rings. The number of aromatic amines is 1. The number of benzene rings is 1. The van der Waals surface area contributed by atoms with Gasteiger partial charge < -0.3 is 9.84 Å². The Labute approximate surface area is 138 Å². The summed E-state index contributed by atoms with van der Waals surface area (Å²) in [6, 6.07) is 7.43. The molecule has 1 aliphatic heterocycles. The molecule has 0 radical (unpaired) electrons. The van der Waals surface area contributed by atoms with E-state index >= 15 is 0 Å². The molecule has 3 rings (SSSR count). The molecular weight excluding hydrogens is 310 g/mol. The van der Waals surface area contributed by atoms with Crippen LogP contribution >= 0.6 is 0 Å². The van der Waals surface area contributed by atoms with Gasteiger partial charge in [0.15, 0.2) is 0 Å². The maximum absolute atomic E-state index is 12.0. The Balaban J connectivity index is 1.95. The average Bonchev–Trinajstić information content (AvgIpc) is 3.04. The number of hydrogen-bond donors (Lipinski definition) is 2. The zero-order valence-electron chi connectivity index (χ0n) is 13.4. The first-order chi connectivity index (χ1) is 11.5. The van der Waals surface area contributed by atoms with Crippen molar-refractivity contribution in [3.8, 4) is 5.88 Å². The zero-order chi connectivity index (χ0) is 17.1. The Morgan fingerprint density at radius 1 is 1.46 bits per heavy atom. The van der Waals surface area contributed by atoms with Crippen molar-refractivity contribution >= 4 is 11.9 Å². The van der Waals surface area contributed by atoms with Crippen molar-refractivity contribution in [3.63, 3.8) is 0 Å². The molecule has 2 aromatic rings. The van der Waals surface area contributed by atoms with E-state index in [1.54, 1.807) is 6.07 Å². The lowest BCUT2D eigenvalue weighted by atomic mass is 10.2. The molecule has 7 heteroatoms. The van der Waals surface area contributed by atoms with Gasteiger partial charge in [0.1, 0.15) is 5.56 Å². The lowest BCUT2D eigenvalue weighted by molar-refractivity contribution is 0.0934. The van der Waals surface area contributed by atoms with Crippen LogP contribution in [0.3, 0.4) is 0 Å². The highest BCUT2D eigenvalue weighted by Crippen LogP contribution is 2.18. The fourth-order valence-corrected chi connectivity index (χ4v) is 2.70. The van der Waals surface area contributed by atoms with Gasteiger partial charge in [-0.15, -0.1) is 0 Å². The molecule has 1 aromatic heterocycles. The number of H-pyrrole nitrogens is 1. The molecule has 7 nitrogen and oxygen atoms in total. The second-order valence-electron chi connectivity index (χ2n) is 5.84. The van der Waals surface area contributed by atoms with Crippen molar-refractivity contribution in [3.05, 3.63) is 56.2 Å². The lowest BCUT2D eigenvalue weighted by Crippen LogP contribution is -2.34. The third kappa shape index (κ3) is 3.46. The molecule has 2 heterocycles. The quantitative estimate of drug-likeness (QED) is 0.830. The number of nitrogens with one attached hydrogen (secondary N) is 1. The van der Waals surface area contributed by atoms with Gasteiger partial charge in [-0.25, -0.2) is 4.79 Å². The van der Waals surface area contributed by atoms with E-state index in [0.29, 0.717) is 12.3 Å². The first-order valence-electron chi connectivity index (χ1n) is 7.83.